The summed E-state index contributed by atoms with van der Waals surface area (Å²) >= 11 is 7.15. The van der Waals surface area contributed by atoms with Crippen molar-refractivity contribution in [2.45, 2.75) is 38.6 Å². The van der Waals surface area contributed by atoms with Crippen molar-refractivity contribution in [3.63, 3.8) is 0 Å². The summed E-state index contributed by atoms with van der Waals surface area (Å²) in [6.07, 6.45) is 3.70. The average Bonchev–Trinajstić information content (AvgIpc) is 3.20. The first-order chi connectivity index (χ1) is 16.5. The van der Waals surface area contributed by atoms with Gasteiger partial charge in [0, 0.05) is 18.3 Å². The van der Waals surface area contributed by atoms with Gasteiger partial charge >= 0.3 is 0 Å². The summed E-state index contributed by atoms with van der Waals surface area (Å²) < 4.78 is 16.8. The minimum atomic E-state index is -0.350. The molecule has 1 aliphatic carbocycles. The Morgan fingerprint density at radius 2 is 1.91 bits per heavy atom. The smallest absolute Gasteiger partial charge is 0.247 e. The molecule has 2 atom stereocenters. The summed E-state index contributed by atoms with van der Waals surface area (Å²) in [5, 5.41) is 0. The Hall–Kier alpha value is -2.84. The van der Waals surface area contributed by atoms with Crippen LogP contribution in [0.25, 0.3) is 10.4 Å². The maximum Gasteiger partial charge on any atom is 0.247 e. The number of anilines is 2. The number of amides is 2. The first-order valence-electron chi connectivity index (χ1n) is 11.7. The lowest BCUT2D eigenvalue weighted by molar-refractivity contribution is -0.128. The number of nitrogens with zero attached hydrogens (tertiary/aromatic N) is 3. The molecular formula is C26H26FN3O2S2. The van der Waals surface area contributed by atoms with Gasteiger partial charge in [0.15, 0.2) is 3.95 Å². The molecule has 2 amide bonds. The monoisotopic (exact) mass is 495 g/mol. The van der Waals surface area contributed by atoms with E-state index in [0.717, 1.165) is 36.2 Å². The fourth-order valence-electron chi connectivity index (χ4n) is 5.24. The highest BCUT2D eigenvalue weighted by atomic mass is 32.1. The summed E-state index contributed by atoms with van der Waals surface area (Å²) in [6.45, 7) is 2.33. The number of benzene rings is 2. The second-order valence-electron chi connectivity index (χ2n) is 8.76. The summed E-state index contributed by atoms with van der Waals surface area (Å²) in [7, 11) is 0. The highest BCUT2D eigenvalue weighted by Gasteiger charge is 2.44. The van der Waals surface area contributed by atoms with Crippen molar-refractivity contribution in [2.24, 2.45) is 5.92 Å². The molecule has 1 saturated carbocycles. The quantitative estimate of drug-likeness (QED) is 0.395. The number of para-hydroxylation sites is 1. The minimum absolute atomic E-state index is 0.00920. The molecule has 5 nitrogen and oxygen atoms in total. The number of hydrogen-bond donors (Lipinski definition) is 0. The third-order valence-electron chi connectivity index (χ3n) is 6.78. The van der Waals surface area contributed by atoms with Gasteiger partial charge in [-0.05, 0) is 61.8 Å². The number of thiazole rings is 1. The highest BCUT2D eigenvalue weighted by molar-refractivity contribution is 7.73. The van der Waals surface area contributed by atoms with E-state index >= 15 is 0 Å². The normalized spacial score (nSPS) is 19.5. The van der Waals surface area contributed by atoms with Gasteiger partial charge < -0.3 is 9.47 Å². The van der Waals surface area contributed by atoms with Gasteiger partial charge in [-0.2, -0.15) is 0 Å². The Morgan fingerprint density at radius 3 is 2.65 bits per heavy atom. The molecule has 0 spiro atoms. The SMILES string of the molecule is CCN(C(=O)CN1C(=O)C2CCCCC2n2c1c(-c1cccc(F)c1)sc2=S)c1ccccc1. The number of hydrogen-bond acceptors (Lipinski definition) is 4. The van der Waals surface area contributed by atoms with Crippen LogP contribution < -0.4 is 9.80 Å². The molecule has 2 heterocycles. The van der Waals surface area contributed by atoms with E-state index in [9.17, 15) is 14.0 Å². The van der Waals surface area contributed by atoms with Crippen molar-refractivity contribution in [3.05, 3.63) is 64.4 Å². The predicted octanol–water partition coefficient (Wildman–Crippen LogP) is 6.22. The number of likely N-dealkylation sites (N-methyl/N-ethyl adjacent to an activating group) is 1. The predicted molar refractivity (Wildman–Crippen MR) is 136 cm³/mol. The van der Waals surface area contributed by atoms with E-state index in [2.05, 4.69) is 4.57 Å². The molecule has 2 aliphatic rings. The molecule has 34 heavy (non-hydrogen) atoms. The van der Waals surface area contributed by atoms with Gasteiger partial charge in [0.05, 0.1) is 10.8 Å². The van der Waals surface area contributed by atoms with Crippen molar-refractivity contribution >= 4 is 46.9 Å². The number of carbonyl (C=O) groups is 2. The number of rotatable bonds is 5. The van der Waals surface area contributed by atoms with E-state index in [1.807, 2.05) is 43.3 Å². The van der Waals surface area contributed by atoms with Crippen LogP contribution in [0.2, 0.25) is 0 Å². The van der Waals surface area contributed by atoms with Crippen LogP contribution in [-0.2, 0) is 9.59 Å². The van der Waals surface area contributed by atoms with Crippen LogP contribution >= 0.6 is 23.6 Å². The third-order valence-corrected chi connectivity index (χ3v) is 8.22. The Balaban J connectivity index is 1.61. The zero-order valence-electron chi connectivity index (χ0n) is 18.9. The zero-order chi connectivity index (χ0) is 23.8. The Labute approximate surface area is 207 Å². The molecule has 0 radical (unpaired) electrons. The lowest BCUT2D eigenvalue weighted by atomic mass is 9.82. The molecule has 0 bridgehead atoms. The van der Waals surface area contributed by atoms with Crippen LogP contribution in [0, 0.1) is 15.7 Å². The van der Waals surface area contributed by atoms with E-state index in [1.54, 1.807) is 15.9 Å². The molecule has 1 fully saturated rings. The van der Waals surface area contributed by atoms with Crippen LogP contribution in [0.5, 0.6) is 0 Å². The van der Waals surface area contributed by atoms with Crippen LogP contribution in [0.4, 0.5) is 15.9 Å². The molecule has 1 aliphatic heterocycles. The van der Waals surface area contributed by atoms with Crippen molar-refractivity contribution in [1.82, 2.24) is 4.57 Å². The largest absolute Gasteiger partial charge is 0.311 e. The highest BCUT2D eigenvalue weighted by Crippen LogP contribution is 2.48. The maximum absolute atomic E-state index is 14.1. The maximum atomic E-state index is 14.1. The molecule has 8 heteroatoms. The second-order valence-corrected chi connectivity index (χ2v) is 10.4. The van der Waals surface area contributed by atoms with Crippen molar-refractivity contribution in [1.29, 1.82) is 0 Å². The van der Waals surface area contributed by atoms with Gasteiger partial charge in [0.25, 0.3) is 0 Å². The zero-order valence-corrected chi connectivity index (χ0v) is 20.6. The van der Waals surface area contributed by atoms with Gasteiger partial charge in [-0.25, -0.2) is 4.39 Å². The lowest BCUT2D eigenvalue weighted by Crippen LogP contribution is -2.51. The molecule has 1 aromatic heterocycles. The summed E-state index contributed by atoms with van der Waals surface area (Å²) in [5.74, 6) is -0.108. The number of halogens is 1. The van der Waals surface area contributed by atoms with Crippen LogP contribution in [-0.4, -0.2) is 29.5 Å². The van der Waals surface area contributed by atoms with E-state index in [-0.39, 0.29) is 36.1 Å². The Bertz CT molecular complexity index is 1290. The molecule has 2 aromatic carbocycles. The molecule has 3 aromatic rings. The molecule has 2 unspecified atom stereocenters. The molecule has 5 rings (SSSR count). The second kappa shape index (κ2) is 9.43. The van der Waals surface area contributed by atoms with Gasteiger partial charge in [-0.15, -0.1) is 11.3 Å². The van der Waals surface area contributed by atoms with Gasteiger partial charge in [-0.1, -0.05) is 43.2 Å². The van der Waals surface area contributed by atoms with Gasteiger partial charge in [0.1, 0.15) is 18.2 Å². The van der Waals surface area contributed by atoms with E-state index < -0.39 is 0 Å². The molecule has 0 saturated heterocycles. The third kappa shape index (κ3) is 3.99. The number of carbonyl (C=O) groups excluding carboxylic acids is 2. The van der Waals surface area contributed by atoms with Crippen LogP contribution in [0.15, 0.2) is 54.6 Å². The van der Waals surface area contributed by atoms with Crippen LogP contribution in [0.1, 0.15) is 38.6 Å². The van der Waals surface area contributed by atoms with E-state index in [0.29, 0.717) is 21.9 Å². The number of aromatic nitrogens is 1. The first kappa shape index (κ1) is 22.9. The van der Waals surface area contributed by atoms with Gasteiger partial charge in [-0.3, -0.25) is 14.5 Å². The first-order valence-corrected chi connectivity index (χ1v) is 12.9. The summed E-state index contributed by atoms with van der Waals surface area (Å²) in [4.78, 5) is 31.3. The van der Waals surface area contributed by atoms with Crippen LogP contribution in [0.3, 0.4) is 0 Å². The van der Waals surface area contributed by atoms with E-state index in [1.165, 1.54) is 23.5 Å². The molecular weight excluding hydrogens is 469 g/mol. The topological polar surface area (TPSA) is 45.6 Å². The lowest BCUT2D eigenvalue weighted by Gasteiger charge is -2.42. The average molecular weight is 496 g/mol. The fraction of sp³-hybridized carbons (Fsp3) is 0.346. The van der Waals surface area contributed by atoms with Crippen molar-refractivity contribution in [2.75, 3.05) is 22.9 Å². The van der Waals surface area contributed by atoms with E-state index in [4.69, 9.17) is 12.2 Å². The Morgan fingerprint density at radius 1 is 1.15 bits per heavy atom. The summed E-state index contributed by atoms with van der Waals surface area (Å²) in [5.41, 5.74) is 1.46. The van der Waals surface area contributed by atoms with Gasteiger partial charge in [0.2, 0.25) is 11.8 Å². The molecule has 0 N–H and O–H groups in total. The standard InChI is InChI=1S/C26H26FN3O2S2/c1-2-28(19-11-4-3-5-12-19)22(31)16-29-24-23(17-9-8-10-18(27)15-17)34-26(33)30(24)21-14-7-6-13-20(21)25(29)32/h3-5,8-12,15,20-21H,2,6-7,13-14,16H2,1H3. The Kier molecular flexibility index (Phi) is 6.36. The summed E-state index contributed by atoms with van der Waals surface area (Å²) in [6, 6.07) is 15.8. The minimum Gasteiger partial charge on any atom is -0.311 e. The van der Waals surface area contributed by atoms with Crippen molar-refractivity contribution in [3.8, 4) is 10.4 Å². The van der Waals surface area contributed by atoms with Crippen molar-refractivity contribution < 1.29 is 14.0 Å². The molecule has 176 valence electrons. The fourth-order valence-corrected chi connectivity index (χ4v) is 6.75. The number of fused-ring (bicyclic) bond motifs is 3.